The topological polar surface area (TPSA) is 74.3 Å². The van der Waals surface area contributed by atoms with Gasteiger partial charge in [-0.2, -0.15) is 19.6 Å². The van der Waals surface area contributed by atoms with Crippen LogP contribution in [-0.2, 0) is 29.6 Å². The highest BCUT2D eigenvalue weighted by Gasteiger charge is 2.49. The fourth-order valence-corrected chi connectivity index (χ4v) is 4.07. The Balaban J connectivity index is 1.90. The predicted octanol–water partition coefficient (Wildman–Crippen LogP) is 1.94. The van der Waals surface area contributed by atoms with E-state index in [1.807, 2.05) is 13.8 Å². The minimum atomic E-state index is -3.18. The molecule has 2 saturated heterocycles. The van der Waals surface area contributed by atoms with E-state index in [0.29, 0.717) is 38.8 Å². The molecular weight excluding hydrogens is 298 g/mol. The lowest BCUT2D eigenvalue weighted by Crippen LogP contribution is -2.55. The normalized spacial score (nSPS) is 26.0. The SMILES string of the molecule is CCCC1(C)OOC2(CCN(S(=O)(=O)CCC)CC2)OO1. The summed E-state index contributed by atoms with van der Waals surface area (Å²) in [6, 6.07) is 0. The van der Waals surface area contributed by atoms with Gasteiger partial charge in [-0.05, 0) is 13.3 Å². The number of hydrogen-bond donors (Lipinski definition) is 0. The van der Waals surface area contributed by atoms with Crippen molar-refractivity contribution in [3.05, 3.63) is 0 Å². The van der Waals surface area contributed by atoms with Gasteiger partial charge < -0.3 is 0 Å². The summed E-state index contributed by atoms with van der Waals surface area (Å²) >= 11 is 0. The van der Waals surface area contributed by atoms with Crippen molar-refractivity contribution in [2.75, 3.05) is 18.8 Å². The van der Waals surface area contributed by atoms with Gasteiger partial charge in [-0.3, -0.25) is 0 Å². The molecule has 0 radical (unpaired) electrons. The molecule has 0 N–H and O–H groups in total. The molecule has 0 amide bonds. The molecule has 0 saturated carbocycles. The fourth-order valence-electron chi connectivity index (χ4n) is 2.55. The lowest BCUT2D eigenvalue weighted by molar-refractivity contribution is -0.657. The molecule has 2 fully saturated rings. The number of sulfonamides is 1. The summed E-state index contributed by atoms with van der Waals surface area (Å²) in [5.74, 6) is -1.72. The first-order valence-corrected chi connectivity index (χ1v) is 9.17. The third-order valence-corrected chi connectivity index (χ3v) is 5.86. The molecule has 0 atom stereocenters. The molecule has 0 aliphatic carbocycles. The molecule has 0 bridgehead atoms. The maximum absolute atomic E-state index is 12.0. The number of rotatable bonds is 5. The Hall–Kier alpha value is -0.250. The number of piperidine rings is 1. The Kier molecular flexibility index (Phi) is 5.27. The van der Waals surface area contributed by atoms with E-state index in [-0.39, 0.29) is 5.75 Å². The van der Waals surface area contributed by atoms with Gasteiger partial charge in [0, 0.05) is 32.4 Å². The van der Waals surface area contributed by atoms with E-state index in [4.69, 9.17) is 19.6 Å². The van der Waals surface area contributed by atoms with Gasteiger partial charge >= 0.3 is 0 Å². The molecule has 124 valence electrons. The second-order valence-corrected chi connectivity index (χ2v) is 7.93. The van der Waals surface area contributed by atoms with Crippen LogP contribution in [0.1, 0.15) is 52.9 Å². The molecule has 7 nitrogen and oxygen atoms in total. The molecule has 2 heterocycles. The smallest absolute Gasteiger partial charge is 0.212 e. The van der Waals surface area contributed by atoms with Crippen LogP contribution in [0.4, 0.5) is 0 Å². The first kappa shape index (κ1) is 17.1. The molecule has 8 heteroatoms. The molecule has 0 unspecified atom stereocenters. The Morgan fingerprint density at radius 1 is 1.00 bits per heavy atom. The van der Waals surface area contributed by atoms with Crippen LogP contribution < -0.4 is 0 Å². The first-order valence-electron chi connectivity index (χ1n) is 7.56. The maximum Gasteiger partial charge on any atom is 0.236 e. The van der Waals surface area contributed by atoms with E-state index < -0.39 is 21.6 Å². The van der Waals surface area contributed by atoms with Crippen LogP contribution in [0.2, 0.25) is 0 Å². The second kappa shape index (κ2) is 6.47. The van der Waals surface area contributed by atoms with Crippen LogP contribution in [-0.4, -0.2) is 43.1 Å². The molecular formula is C13H25NO6S. The van der Waals surface area contributed by atoms with Gasteiger partial charge in [0.25, 0.3) is 0 Å². The van der Waals surface area contributed by atoms with Gasteiger partial charge in [-0.15, -0.1) is 0 Å². The predicted molar refractivity (Wildman–Crippen MR) is 75.3 cm³/mol. The lowest BCUT2D eigenvalue weighted by Gasteiger charge is -2.44. The molecule has 2 aliphatic heterocycles. The molecule has 21 heavy (non-hydrogen) atoms. The minimum Gasteiger partial charge on any atom is -0.212 e. The average Bonchev–Trinajstić information content (AvgIpc) is 2.44. The standard InChI is InChI=1S/C13H25NO6S/c1-4-6-12(3)17-19-13(20-18-12)7-9-14(10-8-13)21(15,16)11-5-2/h4-11H2,1-3H3. The van der Waals surface area contributed by atoms with Crippen LogP contribution in [0.25, 0.3) is 0 Å². The maximum atomic E-state index is 12.0. The third-order valence-electron chi connectivity index (χ3n) is 3.78. The summed E-state index contributed by atoms with van der Waals surface area (Å²) in [6.07, 6.45) is 2.91. The Morgan fingerprint density at radius 2 is 1.57 bits per heavy atom. The van der Waals surface area contributed by atoms with Crippen molar-refractivity contribution >= 4 is 10.0 Å². The summed E-state index contributed by atoms with van der Waals surface area (Å²) in [7, 11) is -3.18. The van der Waals surface area contributed by atoms with Crippen molar-refractivity contribution in [3.8, 4) is 0 Å². The molecule has 2 aliphatic rings. The van der Waals surface area contributed by atoms with Gasteiger partial charge in [0.05, 0.1) is 5.75 Å². The summed E-state index contributed by atoms with van der Waals surface area (Å²) in [5, 5.41) is 0. The minimum absolute atomic E-state index is 0.170. The Labute approximate surface area is 126 Å². The second-order valence-electron chi connectivity index (χ2n) is 5.84. The van der Waals surface area contributed by atoms with E-state index in [1.165, 1.54) is 4.31 Å². The molecule has 2 rings (SSSR count). The van der Waals surface area contributed by atoms with Crippen LogP contribution in [0.3, 0.4) is 0 Å². The van der Waals surface area contributed by atoms with Crippen molar-refractivity contribution in [3.63, 3.8) is 0 Å². The Morgan fingerprint density at radius 3 is 2.05 bits per heavy atom. The fraction of sp³-hybridized carbons (Fsp3) is 1.00. The third kappa shape index (κ3) is 3.94. The quantitative estimate of drug-likeness (QED) is 0.720. The highest BCUT2D eigenvalue weighted by Crippen LogP contribution is 2.38. The number of nitrogens with zero attached hydrogens (tertiary/aromatic N) is 1. The van der Waals surface area contributed by atoms with Crippen molar-refractivity contribution in [1.82, 2.24) is 4.31 Å². The molecule has 0 aromatic carbocycles. The van der Waals surface area contributed by atoms with Crippen molar-refractivity contribution in [2.45, 2.75) is 64.4 Å². The van der Waals surface area contributed by atoms with Gasteiger partial charge in [0.1, 0.15) is 0 Å². The highest BCUT2D eigenvalue weighted by atomic mass is 32.2. The van der Waals surface area contributed by atoms with Crippen LogP contribution in [0.15, 0.2) is 0 Å². The van der Waals surface area contributed by atoms with Crippen LogP contribution in [0.5, 0.6) is 0 Å². The zero-order chi connectivity index (χ0) is 15.6. The van der Waals surface area contributed by atoms with Gasteiger partial charge in [0.2, 0.25) is 21.6 Å². The summed E-state index contributed by atoms with van der Waals surface area (Å²) in [5.41, 5.74) is 0. The average molecular weight is 323 g/mol. The van der Waals surface area contributed by atoms with Gasteiger partial charge in [-0.1, -0.05) is 20.3 Å². The van der Waals surface area contributed by atoms with E-state index >= 15 is 0 Å². The summed E-state index contributed by atoms with van der Waals surface area (Å²) < 4.78 is 25.5. The zero-order valence-corrected chi connectivity index (χ0v) is 13.8. The van der Waals surface area contributed by atoms with E-state index in [2.05, 4.69) is 0 Å². The largest absolute Gasteiger partial charge is 0.236 e. The van der Waals surface area contributed by atoms with Crippen molar-refractivity contribution in [2.24, 2.45) is 0 Å². The first-order chi connectivity index (χ1) is 9.85. The Bertz CT molecular complexity index is 434. The van der Waals surface area contributed by atoms with Gasteiger partial charge in [-0.25, -0.2) is 12.7 Å². The number of hydrogen-bond acceptors (Lipinski definition) is 6. The van der Waals surface area contributed by atoms with Gasteiger partial charge in [0.15, 0.2) is 0 Å². The van der Waals surface area contributed by atoms with Crippen molar-refractivity contribution < 1.29 is 28.0 Å². The van der Waals surface area contributed by atoms with Crippen LogP contribution >= 0.6 is 0 Å². The zero-order valence-electron chi connectivity index (χ0n) is 13.0. The van der Waals surface area contributed by atoms with Crippen molar-refractivity contribution in [1.29, 1.82) is 0 Å². The molecule has 1 spiro atoms. The lowest BCUT2D eigenvalue weighted by atomic mass is 10.1. The van der Waals surface area contributed by atoms with E-state index in [0.717, 1.165) is 6.42 Å². The molecule has 0 aromatic heterocycles. The summed E-state index contributed by atoms with van der Waals surface area (Å²) in [6.45, 7) is 6.31. The van der Waals surface area contributed by atoms with E-state index in [1.54, 1.807) is 6.92 Å². The monoisotopic (exact) mass is 323 g/mol. The summed E-state index contributed by atoms with van der Waals surface area (Å²) in [4.78, 5) is 21.6. The molecule has 0 aromatic rings. The van der Waals surface area contributed by atoms with E-state index in [9.17, 15) is 8.42 Å². The highest BCUT2D eigenvalue weighted by molar-refractivity contribution is 7.89. The van der Waals surface area contributed by atoms with Crippen LogP contribution in [0, 0.1) is 0 Å².